The van der Waals surface area contributed by atoms with Gasteiger partial charge < -0.3 is 0 Å². The van der Waals surface area contributed by atoms with Gasteiger partial charge in [-0.1, -0.05) is 6.92 Å². The Hall–Kier alpha value is -0.580. The molecule has 5 heteroatoms. The third kappa shape index (κ3) is 2.18. The molecule has 0 saturated heterocycles. The maximum absolute atomic E-state index is 3.88. The van der Waals surface area contributed by atoms with Gasteiger partial charge in [-0.2, -0.15) is 11.8 Å². The Kier molecular flexibility index (Phi) is 3.35. The fourth-order valence-electron chi connectivity index (χ4n) is 0.828. The van der Waals surface area contributed by atoms with E-state index in [4.69, 9.17) is 0 Å². The molecule has 4 nitrogen and oxygen atoms in total. The Morgan fingerprint density at radius 1 is 1.55 bits per heavy atom. The molecule has 0 unspecified atom stereocenters. The standard InChI is InChI=1S/C6H12N4S/c1-3-6-7-8-9-10(6)4-5-11-2/h3-5H2,1-2H3. The molecule has 0 aliphatic carbocycles. The smallest absolute Gasteiger partial charge is 0.151 e. The number of rotatable bonds is 4. The summed E-state index contributed by atoms with van der Waals surface area (Å²) in [7, 11) is 0. The van der Waals surface area contributed by atoms with Gasteiger partial charge in [-0.15, -0.1) is 5.10 Å². The fourth-order valence-corrected chi connectivity index (χ4v) is 1.18. The quantitative estimate of drug-likeness (QED) is 0.667. The molecule has 0 amide bonds. The highest BCUT2D eigenvalue weighted by molar-refractivity contribution is 7.98. The molecule has 1 rings (SSSR count). The SMILES string of the molecule is CCc1nnnn1CCSC. The lowest BCUT2D eigenvalue weighted by Gasteiger charge is -1.99. The minimum atomic E-state index is 0.904. The van der Waals surface area contributed by atoms with Crippen molar-refractivity contribution in [2.45, 2.75) is 19.9 Å². The van der Waals surface area contributed by atoms with E-state index in [1.54, 1.807) is 11.8 Å². The van der Waals surface area contributed by atoms with E-state index in [1.165, 1.54) is 0 Å². The van der Waals surface area contributed by atoms with E-state index in [2.05, 4.69) is 28.7 Å². The molecule has 11 heavy (non-hydrogen) atoms. The normalized spacial score (nSPS) is 10.4. The topological polar surface area (TPSA) is 43.6 Å². The third-order valence-electron chi connectivity index (χ3n) is 1.43. The van der Waals surface area contributed by atoms with Crippen molar-refractivity contribution in [3.05, 3.63) is 5.82 Å². The molecule has 0 aliphatic rings. The molecule has 0 spiro atoms. The maximum atomic E-state index is 3.88. The summed E-state index contributed by atoms with van der Waals surface area (Å²) in [6.07, 6.45) is 2.98. The molecule has 0 radical (unpaired) electrons. The zero-order valence-electron chi connectivity index (χ0n) is 6.82. The summed E-state index contributed by atoms with van der Waals surface area (Å²) in [5.74, 6) is 2.04. The fraction of sp³-hybridized carbons (Fsp3) is 0.833. The second-order valence-corrected chi connectivity index (χ2v) is 3.15. The zero-order chi connectivity index (χ0) is 8.10. The zero-order valence-corrected chi connectivity index (χ0v) is 7.63. The summed E-state index contributed by atoms with van der Waals surface area (Å²) in [5.41, 5.74) is 0. The molecule has 1 aromatic heterocycles. The first kappa shape index (κ1) is 8.52. The Balaban J connectivity index is 2.54. The molecular weight excluding hydrogens is 160 g/mol. The molecule has 0 saturated carbocycles. The minimum absolute atomic E-state index is 0.904. The Morgan fingerprint density at radius 2 is 2.36 bits per heavy atom. The summed E-state index contributed by atoms with van der Waals surface area (Å²) in [6, 6.07) is 0. The predicted molar refractivity (Wildman–Crippen MR) is 45.6 cm³/mol. The van der Waals surface area contributed by atoms with E-state index >= 15 is 0 Å². The lowest BCUT2D eigenvalue weighted by atomic mass is 10.4. The van der Waals surface area contributed by atoms with Gasteiger partial charge in [-0.05, 0) is 16.7 Å². The van der Waals surface area contributed by atoms with Gasteiger partial charge in [0.15, 0.2) is 5.82 Å². The minimum Gasteiger partial charge on any atom is -0.229 e. The molecule has 0 aliphatic heterocycles. The predicted octanol–water partition coefficient (Wildman–Crippen LogP) is 0.598. The first-order valence-corrected chi connectivity index (χ1v) is 5.01. The van der Waals surface area contributed by atoms with Crippen LogP contribution in [0.15, 0.2) is 0 Å². The van der Waals surface area contributed by atoms with Crippen LogP contribution in [0, 0.1) is 0 Å². The summed E-state index contributed by atoms with van der Waals surface area (Å²) < 4.78 is 1.86. The highest BCUT2D eigenvalue weighted by atomic mass is 32.2. The highest BCUT2D eigenvalue weighted by Crippen LogP contribution is 1.97. The maximum Gasteiger partial charge on any atom is 0.151 e. The largest absolute Gasteiger partial charge is 0.229 e. The van der Waals surface area contributed by atoms with E-state index in [-0.39, 0.29) is 0 Å². The van der Waals surface area contributed by atoms with Crippen LogP contribution in [0.5, 0.6) is 0 Å². The van der Waals surface area contributed by atoms with Crippen molar-refractivity contribution in [3.8, 4) is 0 Å². The van der Waals surface area contributed by atoms with Crippen molar-refractivity contribution < 1.29 is 0 Å². The van der Waals surface area contributed by atoms with Crippen LogP contribution in [0.1, 0.15) is 12.7 Å². The Morgan fingerprint density at radius 3 is 3.00 bits per heavy atom. The van der Waals surface area contributed by atoms with Crippen LogP contribution in [0.25, 0.3) is 0 Å². The van der Waals surface area contributed by atoms with Gasteiger partial charge in [0, 0.05) is 12.2 Å². The Bertz CT molecular complexity index is 210. The second kappa shape index (κ2) is 4.33. The molecular formula is C6H12N4S. The van der Waals surface area contributed by atoms with E-state index in [9.17, 15) is 0 Å². The van der Waals surface area contributed by atoms with Gasteiger partial charge in [0.05, 0.1) is 6.54 Å². The number of hydrogen-bond acceptors (Lipinski definition) is 4. The molecule has 0 N–H and O–H groups in total. The molecule has 0 bridgehead atoms. The van der Waals surface area contributed by atoms with Crippen molar-refractivity contribution in [2.24, 2.45) is 0 Å². The molecule has 62 valence electrons. The second-order valence-electron chi connectivity index (χ2n) is 2.16. The number of aryl methyl sites for hydroxylation is 2. The number of thioether (sulfide) groups is 1. The van der Waals surface area contributed by atoms with Crippen molar-refractivity contribution in [1.29, 1.82) is 0 Å². The molecule has 1 heterocycles. The van der Waals surface area contributed by atoms with E-state index in [1.807, 2.05) is 4.68 Å². The van der Waals surface area contributed by atoms with Crippen LogP contribution in [0.3, 0.4) is 0 Å². The summed E-state index contributed by atoms with van der Waals surface area (Å²) in [6.45, 7) is 2.97. The first-order chi connectivity index (χ1) is 5.38. The number of tetrazole rings is 1. The van der Waals surface area contributed by atoms with Gasteiger partial charge in [0.25, 0.3) is 0 Å². The molecule has 0 aromatic carbocycles. The van der Waals surface area contributed by atoms with Gasteiger partial charge >= 0.3 is 0 Å². The van der Waals surface area contributed by atoms with Crippen LogP contribution in [-0.4, -0.2) is 32.2 Å². The first-order valence-electron chi connectivity index (χ1n) is 3.62. The summed E-state index contributed by atoms with van der Waals surface area (Å²) in [5, 5.41) is 11.3. The monoisotopic (exact) mass is 172 g/mol. The van der Waals surface area contributed by atoms with Crippen LogP contribution < -0.4 is 0 Å². The van der Waals surface area contributed by atoms with Crippen molar-refractivity contribution in [1.82, 2.24) is 20.2 Å². The van der Waals surface area contributed by atoms with Crippen LogP contribution >= 0.6 is 11.8 Å². The van der Waals surface area contributed by atoms with E-state index < -0.39 is 0 Å². The van der Waals surface area contributed by atoms with E-state index in [0.717, 1.165) is 24.5 Å². The number of hydrogen-bond donors (Lipinski definition) is 0. The van der Waals surface area contributed by atoms with Crippen molar-refractivity contribution >= 4 is 11.8 Å². The average Bonchev–Trinajstić information content (AvgIpc) is 2.47. The van der Waals surface area contributed by atoms with Gasteiger partial charge in [0.1, 0.15) is 0 Å². The molecule has 1 aromatic rings. The van der Waals surface area contributed by atoms with Crippen molar-refractivity contribution in [2.75, 3.05) is 12.0 Å². The number of aromatic nitrogens is 4. The lowest BCUT2D eigenvalue weighted by Crippen LogP contribution is -2.06. The van der Waals surface area contributed by atoms with Gasteiger partial charge in [-0.25, -0.2) is 4.68 Å². The van der Waals surface area contributed by atoms with Crippen LogP contribution in [0.4, 0.5) is 0 Å². The average molecular weight is 172 g/mol. The van der Waals surface area contributed by atoms with Crippen LogP contribution in [0.2, 0.25) is 0 Å². The summed E-state index contributed by atoms with van der Waals surface area (Å²) in [4.78, 5) is 0. The van der Waals surface area contributed by atoms with Gasteiger partial charge in [-0.3, -0.25) is 0 Å². The molecule has 0 atom stereocenters. The lowest BCUT2D eigenvalue weighted by molar-refractivity contribution is 0.606. The van der Waals surface area contributed by atoms with Gasteiger partial charge in [0.2, 0.25) is 0 Å². The van der Waals surface area contributed by atoms with E-state index in [0.29, 0.717) is 0 Å². The third-order valence-corrected chi connectivity index (χ3v) is 2.02. The summed E-state index contributed by atoms with van der Waals surface area (Å²) >= 11 is 1.80. The number of nitrogens with zero attached hydrogens (tertiary/aromatic N) is 4. The Labute approximate surface area is 70.4 Å². The van der Waals surface area contributed by atoms with Crippen LogP contribution in [-0.2, 0) is 13.0 Å². The molecule has 0 fully saturated rings. The van der Waals surface area contributed by atoms with Crippen molar-refractivity contribution in [3.63, 3.8) is 0 Å². The highest BCUT2D eigenvalue weighted by Gasteiger charge is 2.00.